The van der Waals surface area contributed by atoms with Crippen molar-refractivity contribution in [3.05, 3.63) is 76.3 Å². The van der Waals surface area contributed by atoms with Crippen molar-refractivity contribution in [2.75, 3.05) is 19.0 Å². The predicted octanol–water partition coefficient (Wildman–Crippen LogP) is 4.68. The Bertz CT molecular complexity index is 1220. The van der Waals surface area contributed by atoms with Gasteiger partial charge >= 0.3 is 0 Å². The van der Waals surface area contributed by atoms with Crippen molar-refractivity contribution < 1.29 is 5.11 Å². The fraction of sp³-hybridized carbons (Fsp3) is 0.0909. The van der Waals surface area contributed by atoms with E-state index < -0.39 is 5.56 Å². The molecule has 5 nitrogen and oxygen atoms in total. The smallest absolute Gasteiger partial charge is 0.260 e. The average molecular weight is 392 g/mol. The minimum atomic E-state index is -0.392. The molecule has 28 heavy (non-hydrogen) atoms. The van der Waals surface area contributed by atoms with Crippen LogP contribution in [-0.4, -0.2) is 29.2 Å². The van der Waals surface area contributed by atoms with Crippen molar-refractivity contribution in [2.24, 2.45) is 0 Å². The largest absolute Gasteiger partial charge is 0.506 e. The molecule has 140 valence electrons. The molecule has 0 aliphatic carbocycles. The number of hydrogen-bond donors (Lipinski definition) is 2. The first-order chi connectivity index (χ1) is 13.5. The number of nitrogens with one attached hydrogen (secondary N) is 1. The minimum Gasteiger partial charge on any atom is -0.506 e. The van der Waals surface area contributed by atoms with Gasteiger partial charge in [-0.2, -0.15) is 0 Å². The Morgan fingerprint density at radius 1 is 1.07 bits per heavy atom. The Hall–Kier alpha value is -3.31. The molecule has 2 aromatic heterocycles. The van der Waals surface area contributed by atoms with E-state index in [0.717, 1.165) is 16.8 Å². The van der Waals surface area contributed by atoms with Crippen LogP contribution in [0.15, 0.2) is 65.7 Å². The quantitative estimate of drug-likeness (QED) is 0.532. The molecule has 0 saturated carbocycles. The number of aromatic amines is 1. The molecule has 0 spiro atoms. The van der Waals surface area contributed by atoms with Gasteiger partial charge in [0.05, 0.1) is 16.1 Å². The zero-order valence-electron chi connectivity index (χ0n) is 15.4. The fourth-order valence-corrected chi connectivity index (χ4v) is 3.51. The first-order valence-corrected chi connectivity index (χ1v) is 9.10. The van der Waals surface area contributed by atoms with Crippen LogP contribution in [0.4, 0.5) is 5.69 Å². The Morgan fingerprint density at radius 2 is 1.82 bits per heavy atom. The van der Waals surface area contributed by atoms with Gasteiger partial charge in [0.15, 0.2) is 0 Å². The maximum absolute atomic E-state index is 12.5. The summed E-state index contributed by atoms with van der Waals surface area (Å²) in [6.45, 7) is 0. The lowest BCUT2D eigenvalue weighted by Gasteiger charge is -2.14. The minimum absolute atomic E-state index is 0.0884. The van der Waals surface area contributed by atoms with E-state index in [9.17, 15) is 9.90 Å². The lowest BCUT2D eigenvalue weighted by molar-refractivity contribution is 0.482. The first kappa shape index (κ1) is 18.1. The van der Waals surface area contributed by atoms with Crippen molar-refractivity contribution in [1.82, 2.24) is 9.97 Å². The Balaban J connectivity index is 1.93. The van der Waals surface area contributed by atoms with Crippen LogP contribution in [0.1, 0.15) is 0 Å². The van der Waals surface area contributed by atoms with Gasteiger partial charge in [0.1, 0.15) is 5.75 Å². The topological polar surface area (TPSA) is 69.2 Å². The van der Waals surface area contributed by atoms with E-state index in [2.05, 4.69) is 9.97 Å². The second kappa shape index (κ2) is 7.02. The van der Waals surface area contributed by atoms with Crippen LogP contribution >= 0.6 is 11.6 Å². The molecule has 4 rings (SSSR count). The highest BCUT2D eigenvalue weighted by Gasteiger charge is 2.16. The standard InChI is InChI=1S/C22H18ClN3O2/c1-26(2)15-7-5-13(6-8-15)16-10-17-19(11-18(16)23)25-22(28)20(21(17)27)14-4-3-9-24-12-14/h3-12H,1-2H3,(H2,25,27,28). The summed E-state index contributed by atoms with van der Waals surface area (Å²) >= 11 is 6.48. The molecule has 0 radical (unpaired) electrons. The normalized spacial score (nSPS) is 11.0. The summed E-state index contributed by atoms with van der Waals surface area (Å²) in [5.41, 5.74) is 3.61. The highest BCUT2D eigenvalue weighted by molar-refractivity contribution is 6.34. The summed E-state index contributed by atoms with van der Waals surface area (Å²) in [6.07, 6.45) is 3.16. The molecule has 0 unspecified atom stereocenters. The predicted molar refractivity (Wildman–Crippen MR) is 114 cm³/mol. The number of aromatic nitrogens is 2. The summed E-state index contributed by atoms with van der Waals surface area (Å²) in [6, 6.07) is 14.9. The number of rotatable bonds is 3. The van der Waals surface area contributed by atoms with Crippen LogP contribution < -0.4 is 10.5 Å². The fourth-order valence-electron chi connectivity index (χ4n) is 3.24. The van der Waals surface area contributed by atoms with Crippen LogP contribution in [0, 0.1) is 0 Å². The maximum atomic E-state index is 12.5. The summed E-state index contributed by atoms with van der Waals surface area (Å²) in [7, 11) is 3.96. The molecule has 0 amide bonds. The maximum Gasteiger partial charge on any atom is 0.260 e. The monoisotopic (exact) mass is 391 g/mol. The van der Waals surface area contributed by atoms with Gasteiger partial charge in [-0.3, -0.25) is 9.78 Å². The van der Waals surface area contributed by atoms with Gasteiger partial charge in [0.2, 0.25) is 0 Å². The molecule has 2 aromatic carbocycles. The molecule has 0 aliphatic heterocycles. The Kier molecular flexibility index (Phi) is 4.53. The molecule has 6 heteroatoms. The van der Waals surface area contributed by atoms with Crippen molar-refractivity contribution in [3.63, 3.8) is 0 Å². The van der Waals surface area contributed by atoms with Gasteiger partial charge in [-0.1, -0.05) is 29.8 Å². The van der Waals surface area contributed by atoms with Gasteiger partial charge in [-0.05, 0) is 35.9 Å². The van der Waals surface area contributed by atoms with Crippen LogP contribution in [0.2, 0.25) is 5.02 Å². The third-order valence-electron chi connectivity index (χ3n) is 4.72. The average Bonchev–Trinajstić information content (AvgIpc) is 2.68. The van der Waals surface area contributed by atoms with Crippen LogP contribution in [0.5, 0.6) is 5.75 Å². The van der Waals surface area contributed by atoms with E-state index in [1.807, 2.05) is 43.3 Å². The first-order valence-electron chi connectivity index (χ1n) is 8.72. The molecule has 0 atom stereocenters. The highest BCUT2D eigenvalue weighted by Crippen LogP contribution is 2.38. The number of aromatic hydroxyl groups is 1. The molecule has 0 aliphatic rings. The summed E-state index contributed by atoms with van der Waals surface area (Å²) < 4.78 is 0. The molecular formula is C22H18ClN3O2. The molecule has 0 saturated heterocycles. The van der Waals surface area contributed by atoms with Crippen molar-refractivity contribution in [3.8, 4) is 28.0 Å². The summed E-state index contributed by atoms with van der Waals surface area (Å²) in [5.74, 6) is -0.0884. The van der Waals surface area contributed by atoms with Crippen LogP contribution in [-0.2, 0) is 0 Å². The van der Waals surface area contributed by atoms with E-state index in [0.29, 0.717) is 21.5 Å². The van der Waals surface area contributed by atoms with E-state index in [4.69, 9.17) is 11.6 Å². The van der Waals surface area contributed by atoms with E-state index in [1.54, 1.807) is 36.7 Å². The SMILES string of the molecule is CN(C)c1ccc(-c2cc3c(O)c(-c4cccnc4)c(=O)[nH]c3cc2Cl)cc1. The van der Waals surface area contributed by atoms with E-state index in [-0.39, 0.29) is 11.3 Å². The van der Waals surface area contributed by atoms with E-state index >= 15 is 0 Å². The third-order valence-corrected chi connectivity index (χ3v) is 5.03. The zero-order chi connectivity index (χ0) is 19.8. The number of benzene rings is 2. The molecule has 4 aromatic rings. The van der Waals surface area contributed by atoms with Gasteiger partial charge in [0, 0.05) is 48.7 Å². The summed E-state index contributed by atoms with van der Waals surface area (Å²) in [4.78, 5) is 21.4. The van der Waals surface area contributed by atoms with Gasteiger partial charge in [-0.15, -0.1) is 0 Å². The number of hydrogen-bond acceptors (Lipinski definition) is 4. The lowest BCUT2D eigenvalue weighted by atomic mass is 9.99. The molecule has 2 heterocycles. The number of fused-ring (bicyclic) bond motifs is 1. The number of pyridine rings is 2. The Labute approximate surface area is 166 Å². The number of H-pyrrole nitrogens is 1. The van der Waals surface area contributed by atoms with Gasteiger partial charge < -0.3 is 15.0 Å². The second-order valence-electron chi connectivity index (χ2n) is 6.74. The number of anilines is 1. The van der Waals surface area contributed by atoms with Crippen LogP contribution in [0.25, 0.3) is 33.2 Å². The number of nitrogens with zero attached hydrogens (tertiary/aromatic N) is 2. The zero-order valence-corrected chi connectivity index (χ0v) is 16.2. The lowest BCUT2D eigenvalue weighted by Crippen LogP contribution is -2.09. The van der Waals surface area contributed by atoms with Crippen molar-refractivity contribution in [1.29, 1.82) is 0 Å². The van der Waals surface area contributed by atoms with Gasteiger partial charge in [0.25, 0.3) is 5.56 Å². The van der Waals surface area contributed by atoms with E-state index in [1.165, 1.54) is 0 Å². The molecular weight excluding hydrogens is 374 g/mol. The van der Waals surface area contributed by atoms with Crippen LogP contribution in [0.3, 0.4) is 0 Å². The molecule has 0 fully saturated rings. The second-order valence-corrected chi connectivity index (χ2v) is 7.15. The third kappa shape index (κ3) is 3.10. The van der Waals surface area contributed by atoms with Crippen molar-refractivity contribution >= 4 is 28.2 Å². The molecule has 2 N–H and O–H groups in total. The van der Waals surface area contributed by atoms with Gasteiger partial charge in [-0.25, -0.2) is 0 Å². The molecule has 0 bridgehead atoms. The number of halogens is 1. The summed E-state index contributed by atoms with van der Waals surface area (Å²) in [5, 5.41) is 11.9. The highest BCUT2D eigenvalue weighted by atomic mass is 35.5. The Morgan fingerprint density at radius 3 is 2.46 bits per heavy atom. The van der Waals surface area contributed by atoms with Crippen molar-refractivity contribution in [2.45, 2.75) is 0 Å².